The largest absolute Gasteiger partial charge is 0.328 e. The van der Waals surface area contributed by atoms with E-state index in [9.17, 15) is 0 Å². The highest BCUT2D eigenvalue weighted by molar-refractivity contribution is 4.54. The van der Waals surface area contributed by atoms with Crippen molar-refractivity contribution in [2.24, 2.45) is 0 Å². The molecule has 0 spiro atoms. The number of hydrogen-bond donors (Lipinski definition) is 0. The van der Waals surface area contributed by atoms with Crippen molar-refractivity contribution in [3.05, 3.63) is 0 Å². The zero-order valence-corrected chi connectivity index (χ0v) is 22.7. The van der Waals surface area contributed by atoms with Crippen LogP contribution in [0.4, 0.5) is 0 Å². The van der Waals surface area contributed by atoms with Crippen LogP contribution >= 0.6 is 0 Å². The minimum atomic E-state index is -0.868. The van der Waals surface area contributed by atoms with E-state index in [2.05, 4.69) is 20.8 Å². The fourth-order valence-corrected chi connectivity index (χ4v) is 4.08. The van der Waals surface area contributed by atoms with E-state index in [0.717, 1.165) is 39.1 Å². The molecule has 0 saturated carbocycles. The van der Waals surface area contributed by atoms with Crippen LogP contribution in [0.2, 0.25) is 0 Å². The lowest BCUT2D eigenvalue weighted by atomic mass is 10.1. The Labute approximate surface area is 202 Å². The van der Waals surface area contributed by atoms with Gasteiger partial charge in [0, 0.05) is 6.92 Å². The van der Waals surface area contributed by atoms with Gasteiger partial charge in [0.25, 0.3) is 5.97 Å². The Kier molecular flexibility index (Phi) is 25.4. The first-order chi connectivity index (χ1) is 15.7. The Morgan fingerprint density at radius 2 is 0.562 bits per heavy atom. The van der Waals surface area contributed by atoms with Gasteiger partial charge in [-0.1, -0.05) is 136 Å². The van der Waals surface area contributed by atoms with E-state index in [1.165, 1.54) is 116 Å². The van der Waals surface area contributed by atoms with Gasteiger partial charge in [-0.3, -0.25) is 0 Å². The van der Waals surface area contributed by atoms with Gasteiger partial charge in [0.05, 0.1) is 19.8 Å². The van der Waals surface area contributed by atoms with Gasteiger partial charge in [-0.05, 0) is 19.3 Å². The zero-order valence-electron chi connectivity index (χ0n) is 22.7. The van der Waals surface area contributed by atoms with Gasteiger partial charge in [0.1, 0.15) is 0 Å². The second kappa shape index (κ2) is 25.5. The summed E-state index contributed by atoms with van der Waals surface area (Å²) in [7, 11) is 0. The molecule has 0 heterocycles. The van der Waals surface area contributed by atoms with Gasteiger partial charge >= 0.3 is 0 Å². The van der Waals surface area contributed by atoms with Crippen molar-refractivity contribution in [3.8, 4) is 0 Å². The molecule has 0 aromatic carbocycles. The summed E-state index contributed by atoms with van der Waals surface area (Å²) in [5.74, 6) is -0.868. The lowest BCUT2D eigenvalue weighted by Crippen LogP contribution is -2.37. The quantitative estimate of drug-likeness (QED) is 0.0908. The van der Waals surface area contributed by atoms with Crippen LogP contribution < -0.4 is 0 Å². The summed E-state index contributed by atoms with van der Waals surface area (Å²) in [5, 5.41) is 0. The molecule has 194 valence electrons. The molecule has 0 saturated heterocycles. The van der Waals surface area contributed by atoms with Crippen molar-refractivity contribution in [3.63, 3.8) is 0 Å². The molecule has 0 aliphatic heterocycles. The molecule has 0 aromatic heterocycles. The molecule has 0 aromatic rings. The normalized spacial score (nSPS) is 12.0. The Morgan fingerprint density at radius 3 is 0.812 bits per heavy atom. The molecule has 0 amide bonds. The number of ether oxygens (including phenoxy) is 3. The Bertz CT molecular complexity index is 295. The molecule has 0 aliphatic carbocycles. The Hall–Kier alpha value is -0.120. The monoisotopic (exact) mass is 456 g/mol. The molecule has 0 radical (unpaired) electrons. The fraction of sp³-hybridized carbons (Fsp3) is 1.00. The first-order valence-corrected chi connectivity index (χ1v) is 14.6. The van der Waals surface area contributed by atoms with E-state index in [1.807, 2.05) is 6.92 Å². The lowest BCUT2D eigenvalue weighted by Gasteiger charge is -2.30. The second-order valence-electron chi connectivity index (χ2n) is 9.77. The van der Waals surface area contributed by atoms with Gasteiger partial charge < -0.3 is 14.2 Å². The molecule has 3 nitrogen and oxygen atoms in total. The van der Waals surface area contributed by atoms with Gasteiger partial charge in [-0.25, -0.2) is 0 Å². The molecule has 0 bridgehead atoms. The molecular formula is C29H60O3. The van der Waals surface area contributed by atoms with E-state index in [0.29, 0.717) is 0 Å². The van der Waals surface area contributed by atoms with Crippen molar-refractivity contribution in [2.45, 2.75) is 169 Å². The lowest BCUT2D eigenvalue weighted by molar-refractivity contribution is -0.370. The first-order valence-electron chi connectivity index (χ1n) is 14.6. The maximum atomic E-state index is 6.13. The number of rotatable bonds is 27. The first kappa shape index (κ1) is 31.9. The van der Waals surface area contributed by atoms with E-state index in [4.69, 9.17) is 14.2 Å². The zero-order chi connectivity index (χ0) is 23.6. The fourth-order valence-electron chi connectivity index (χ4n) is 4.08. The maximum Gasteiger partial charge on any atom is 0.279 e. The molecule has 32 heavy (non-hydrogen) atoms. The standard InChI is InChI=1S/C29H60O3/c1-5-8-11-14-17-20-23-26-30-29(4,31-27-24-21-18-15-12-9-6-2)32-28-25-22-19-16-13-10-7-3/h5-28H2,1-4H3. The summed E-state index contributed by atoms with van der Waals surface area (Å²) in [5.41, 5.74) is 0. The van der Waals surface area contributed by atoms with Gasteiger partial charge in [0.2, 0.25) is 0 Å². The van der Waals surface area contributed by atoms with E-state index in [-0.39, 0.29) is 0 Å². The number of hydrogen-bond acceptors (Lipinski definition) is 3. The summed E-state index contributed by atoms with van der Waals surface area (Å²) >= 11 is 0. The summed E-state index contributed by atoms with van der Waals surface area (Å²) in [6.07, 6.45) is 27.2. The third-order valence-corrected chi connectivity index (χ3v) is 6.34. The van der Waals surface area contributed by atoms with Gasteiger partial charge in [0.15, 0.2) is 0 Å². The molecule has 0 atom stereocenters. The molecule has 0 unspecified atom stereocenters. The highest BCUT2D eigenvalue weighted by Crippen LogP contribution is 2.19. The van der Waals surface area contributed by atoms with Crippen LogP contribution in [0.25, 0.3) is 0 Å². The summed E-state index contributed by atoms with van der Waals surface area (Å²) in [6, 6.07) is 0. The Morgan fingerprint density at radius 1 is 0.344 bits per heavy atom. The smallest absolute Gasteiger partial charge is 0.279 e. The van der Waals surface area contributed by atoms with Crippen LogP contribution in [0.5, 0.6) is 0 Å². The molecule has 0 N–H and O–H groups in total. The average Bonchev–Trinajstić information content (AvgIpc) is 2.79. The SMILES string of the molecule is CCCCCCCCCOC(C)(OCCCCCCCCC)OCCCCCCCCC. The van der Waals surface area contributed by atoms with Crippen molar-refractivity contribution in [1.29, 1.82) is 0 Å². The summed E-state index contributed by atoms with van der Waals surface area (Å²) in [4.78, 5) is 0. The van der Waals surface area contributed by atoms with Crippen LogP contribution in [0.1, 0.15) is 163 Å². The maximum absolute atomic E-state index is 6.13. The molecule has 0 aliphatic rings. The molecular weight excluding hydrogens is 396 g/mol. The summed E-state index contributed by atoms with van der Waals surface area (Å²) in [6.45, 7) is 11.0. The molecule has 0 rings (SSSR count). The van der Waals surface area contributed by atoms with Crippen LogP contribution in [-0.2, 0) is 14.2 Å². The Balaban J connectivity index is 4.04. The highest BCUT2D eigenvalue weighted by atomic mass is 16.9. The van der Waals surface area contributed by atoms with Gasteiger partial charge in [-0.2, -0.15) is 0 Å². The van der Waals surface area contributed by atoms with E-state index < -0.39 is 5.97 Å². The third kappa shape index (κ3) is 23.1. The molecule has 3 heteroatoms. The van der Waals surface area contributed by atoms with Crippen LogP contribution in [0, 0.1) is 0 Å². The predicted octanol–water partition coefficient (Wildman–Crippen LogP) is 9.96. The average molecular weight is 457 g/mol. The van der Waals surface area contributed by atoms with Gasteiger partial charge in [-0.15, -0.1) is 0 Å². The van der Waals surface area contributed by atoms with E-state index in [1.54, 1.807) is 0 Å². The van der Waals surface area contributed by atoms with Crippen molar-refractivity contribution in [2.75, 3.05) is 19.8 Å². The topological polar surface area (TPSA) is 27.7 Å². The van der Waals surface area contributed by atoms with Crippen molar-refractivity contribution >= 4 is 0 Å². The van der Waals surface area contributed by atoms with Crippen LogP contribution in [0.3, 0.4) is 0 Å². The second-order valence-corrected chi connectivity index (χ2v) is 9.77. The predicted molar refractivity (Wildman–Crippen MR) is 140 cm³/mol. The highest BCUT2D eigenvalue weighted by Gasteiger charge is 2.26. The van der Waals surface area contributed by atoms with E-state index >= 15 is 0 Å². The minimum Gasteiger partial charge on any atom is -0.328 e. The molecule has 0 fully saturated rings. The van der Waals surface area contributed by atoms with Crippen molar-refractivity contribution < 1.29 is 14.2 Å². The van der Waals surface area contributed by atoms with Crippen molar-refractivity contribution in [1.82, 2.24) is 0 Å². The van der Waals surface area contributed by atoms with Crippen LogP contribution in [0.15, 0.2) is 0 Å². The third-order valence-electron chi connectivity index (χ3n) is 6.34. The van der Waals surface area contributed by atoms with Crippen LogP contribution in [-0.4, -0.2) is 25.8 Å². The summed E-state index contributed by atoms with van der Waals surface area (Å²) < 4.78 is 18.4. The number of unbranched alkanes of at least 4 members (excludes halogenated alkanes) is 18. The minimum absolute atomic E-state index is 0.734.